The van der Waals surface area contributed by atoms with Gasteiger partial charge in [0.1, 0.15) is 0 Å². The van der Waals surface area contributed by atoms with Crippen molar-refractivity contribution in [1.29, 1.82) is 0 Å². The fourth-order valence-corrected chi connectivity index (χ4v) is 0.372. The lowest BCUT2D eigenvalue weighted by Gasteiger charge is -1.74. The summed E-state index contributed by atoms with van der Waals surface area (Å²) < 4.78 is 0. The first-order valence-corrected chi connectivity index (χ1v) is 2.93. The van der Waals surface area contributed by atoms with Crippen LogP contribution in [-0.2, 0) is 0 Å². The molecule has 0 radical (unpaired) electrons. The third kappa shape index (κ3) is 5.44. The molecule has 0 unspecified atom stereocenters. The maximum atomic E-state index is 5.19. The summed E-state index contributed by atoms with van der Waals surface area (Å²) >= 11 is 0. The van der Waals surface area contributed by atoms with Gasteiger partial charge in [-0.2, -0.15) is 0 Å². The first kappa shape index (κ1) is 7.44. The van der Waals surface area contributed by atoms with Gasteiger partial charge in [-0.3, -0.25) is 0 Å². The molecule has 2 N–H and O–H groups in total. The molecule has 1 nitrogen and oxygen atoms in total. The molecule has 0 amide bonds. The normalized spacial score (nSPS) is 11.8. The minimum Gasteiger partial charge on any atom is -0.327 e. The van der Waals surface area contributed by atoms with Gasteiger partial charge in [-0.1, -0.05) is 31.2 Å². The minimum atomic E-state index is 0.633. The summed E-state index contributed by atoms with van der Waals surface area (Å²) in [6, 6.07) is 0. The van der Waals surface area contributed by atoms with E-state index in [1.54, 1.807) is 0 Å². The van der Waals surface area contributed by atoms with E-state index in [0.717, 1.165) is 6.42 Å². The van der Waals surface area contributed by atoms with Crippen molar-refractivity contribution in [1.82, 2.24) is 0 Å². The molecule has 0 aliphatic heterocycles. The van der Waals surface area contributed by atoms with E-state index in [0.29, 0.717) is 6.54 Å². The van der Waals surface area contributed by atoms with Crippen LogP contribution in [0.15, 0.2) is 24.3 Å². The first-order valence-electron chi connectivity index (χ1n) is 2.93. The molecule has 1 heteroatoms. The average molecular weight is 111 g/mol. The zero-order valence-electron chi connectivity index (χ0n) is 5.30. The Hall–Kier alpha value is -0.560. The third-order valence-electron chi connectivity index (χ3n) is 0.755. The zero-order valence-corrected chi connectivity index (χ0v) is 5.30. The zero-order chi connectivity index (χ0) is 6.24. The van der Waals surface area contributed by atoms with Gasteiger partial charge in [0.25, 0.3) is 0 Å². The molecular weight excluding hydrogens is 98.1 g/mol. The highest BCUT2D eigenvalue weighted by atomic mass is 14.5. The van der Waals surface area contributed by atoms with Crippen LogP contribution in [0.5, 0.6) is 0 Å². The van der Waals surface area contributed by atoms with Crippen molar-refractivity contribution < 1.29 is 0 Å². The van der Waals surface area contributed by atoms with Crippen LogP contribution >= 0.6 is 0 Å². The van der Waals surface area contributed by atoms with Crippen molar-refractivity contribution in [3.8, 4) is 0 Å². The molecule has 0 atom stereocenters. The van der Waals surface area contributed by atoms with E-state index in [2.05, 4.69) is 13.0 Å². The van der Waals surface area contributed by atoms with Gasteiger partial charge in [-0.15, -0.1) is 0 Å². The molecule has 0 aliphatic carbocycles. The number of hydrogen-bond donors (Lipinski definition) is 1. The van der Waals surface area contributed by atoms with Gasteiger partial charge in [0.15, 0.2) is 0 Å². The van der Waals surface area contributed by atoms with Crippen LogP contribution in [0.3, 0.4) is 0 Å². The van der Waals surface area contributed by atoms with Crippen LogP contribution < -0.4 is 5.73 Å². The van der Waals surface area contributed by atoms with Gasteiger partial charge < -0.3 is 5.73 Å². The molecule has 0 fully saturated rings. The molecule has 0 aromatic rings. The Kier molecular flexibility index (Phi) is 5.99. The molecule has 0 aromatic carbocycles. The number of nitrogens with two attached hydrogens (primary N) is 1. The maximum Gasteiger partial charge on any atom is 0.0109 e. The van der Waals surface area contributed by atoms with Gasteiger partial charge in [-0.25, -0.2) is 0 Å². The molecule has 0 saturated carbocycles. The van der Waals surface area contributed by atoms with Crippen LogP contribution in [-0.4, -0.2) is 6.54 Å². The lowest BCUT2D eigenvalue weighted by Crippen LogP contribution is -1.91. The van der Waals surface area contributed by atoms with Gasteiger partial charge in [-0.05, 0) is 6.42 Å². The van der Waals surface area contributed by atoms with Crippen molar-refractivity contribution in [2.75, 3.05) is 6.54 Å². The van der Waals surface area contributed by atoms with Crippen molar-refractivity contribution in [3.05, 3.63) is 24.3 Å². The number of rotatable bonds is 3. The van der Waals surface area contributed by atoms with Gasteiger partial charge in [0.05, 0.1) is 0 Å². The second-order valence-electron chi connectivity index (χ2n) is 1.50. The second kappa shape index (κ2) is 6.44. The average Bonchev–Trinajstić information content (AvgIpc) is 1.81. The van der Waals surface area contributed by atoms with E-state index in [-0.39, 0.29) is 0 Å². The lowest BCUT2D eigenvalue weighted by atomic mass is 10.4. The van der Waals surface area contributed by atoms with E-state index in [9.17, 15) is 0 Å². The maximum absolute atomic E-state index is 5.19. The van der Waals surface area contributed by atoms with Gasteiger partial charge >= 0.3 is 0 Å². The Bertz CT molecular complexity index is 70.4. The topological polar surface area (TPSA) is 26.0 Å². The van der Waals surface area contributed by atoms with Crippen LogP contribution in [0.4, 0.5) is 0 Å². The highest BCUT2D eigenvalue weighted by molar-refractivity contribution is 5.02. The summed E-state index contributed by atoms with van der Waals surface area (Å²) in [6.45, 7) is 2.74. The van der Waals surface area contributed by atoms with Crippen LogP contribution in [0.25, 0.3) is 0 Å². The smallest absolute Gasteiger partial charge is 0.0109 e. The SMILES string of the molecule is CC/C=C/C=C/CN. The molecule has 0 aliphatic rings. The summed E-state index contributed by atoms with van der Waals surface area (Å²) in [5, 5.41) is 0. The summed E-state index contributed by atoms with van der Waals surface area (Å²) in [7, 11) is 0. The summed E-state index contributed by atoms with van der Waals surface area (Å²) in [6.07, 6.45) is 9.07. The molecule has 0 saturated heterocycles. The minimum absolute atomic E-state index is 0.633. The van der Waals surface area contributed by atoms with Crippen molar-refractivity contribution in [2.24, 2.45) is 5.73 Å². The van der Waals surface area contributed by atoms with Crippen LogP contribution in [0, 0.1) is 0 Å². The van der Waals surface area contributed by atoms with E-state index >= 15 is 0 Å². The summed E-state index contributed by atoms with van der Waals surface area (Å²) in [5.74, 6) is 0. The standard InChI is InChI=1S/C7H13N/c1-2-3-4-5-6-7-8/h3-6H,2,7-8H2,1H3/b4-3+,6-5+. The van der Waals surface area contributed by atoms with E-state index < -0.39 is 0 Å². The molecule has 0 spiro atoms. The molecule has 8 heavy (non-hydrogen) atoms. The molecule has 46 valence electrons. The summed E-state index contributed by atoms with van der Waals surface area (Å²) in [4.78, 5) is 0. The Morgan fingerprint density at radius 1 is 1.25 bits per heavy atom. The number of allylic oxidation sites excluding steroid dienone is 3. The predicted octanol–water partition coefficient (Wildman–Crippen LogP) is 1.47. The van der Waals surface area contributed by atoms with E-state index in [1.807, 2.05) is 18.2 Å². The third-order valence-corrected chi connectivity index (χ3v) is 0.755. The number of hydrogen-bond acceptors (Lipinski definition) is 1. The fraction of sp³-hybridized carbons (Fsp3) is 0.429. The fourth-order valence-electron chi connectivity index (χ4n) is 0.372. The Morgan fingerprint density at radius 3 is 2.38 bits per heavy atom. The molecule has 0 rings (SSSR count). The lowest BCUT2D eigenvalue weighted by molar-refractivity contribution is 1.22. The van der Waals surface area contributed by atoms with Crippen LogP contribution in [0.2, 0.25) is 0 Å². The van der Waals surface area contributed by atoms with Crippen molar-refractivity contribution in [3.63, 3.8) is 0 Å². The molecule has 0 heterocycles. The Morgan fingerprint density at radius 2 is 1.88 bits per heavy atom. The molecular formula is C7H13N. The highest BCUT2D eigenvalue weighted by Crippen LogP contribution is 1.79. The second-order valence-corrected chi connectivity index (χ2v) is 1.50. The van der Waals surface area contributed by atoms with Crippen LogP contribution in [0.1, 0.15) is 13.3 Å². The van der Waals surface area contributed by atoms with E-state index in [1.165, 1.54) is 0 Å². The predicted molar refractivity (Wildman–Crippen MR) is 37.6 cm³/mol. The van der Waals surface area contributed by atoms with E-state index in [4.69, 9.17) is 5.73 Å². The highest BCUT2D eigenvalue weighted by Gasteiger charge is 1.61. The monoisotopic (exact) mass is 111 g/mol. The van der Waals surface area contributed by atoms with Crippen molar-refractivity contribution in [2.45, 2.75) is 13.3 Å². The Labute approximate surface area is 50.9 Å². The summed E-state index contributed by atoms with van der Waals surface area (Å²) in [5.41, 5.74) is 5.19. The molecule has 0 bridgehead atoms. The van der Waals surface area contributed by atoms with Crippen molar-refractivity contribution >= 4 is 0 Å². The Balaban J connectivity index is 3.13. The van der Waals surface area contributed by atoms with Gasteiger partial charge in [0.2, 0.25) is 0 Å². The molecule has 0 aromatic heterocycles. The quantitative estimate of drug-likeness (QED) is 0.548. The first-order chi connectivity index (χ1) is 3.91. The largest absolute Gasteiger partial charge is 0.327 e. The van der Waals surface area contributed by atoms with Gasteiger partial charge in [0, 0.05) is 6.54 Å².